The zero-order valence-electron chi connectivity index (χ0n) is 21.4. The van der Waals surface area contributed by atoms with Crippen LogP contribution in [0.5, 0.6) is 11.5 Å². The van der Waals surface area contributed by atoms with Gasteiger partial charge in [0.15, 0.2) is 11.5 Å². The van der Waals surface area contributed by atoms with Crippen LogP contribution >= 0.6 is 0 Å². The molecule has 3 aromatic rings. The Bertz CT molecular complexity index is 1410. The maximum absolute atomic E-state index is 13.9. The number of benzene rings is 3. The average Bonchev–Trinajstić information content (AvgIpc) is 3.72. The summed E-state index contributed by atoms with van der Waals surface area (Å²) in [7, 11) is 0. The first-order chi connectivity index (χ1) is 19.0. The molecule has 1 saturated carbocycles. The van der Waals surface area contributed by atoms with Gasteiger partial charge in [-0.15, -0.1) is 0 Å². The van der Waals surface area contributed by atoms with E-state index < -0.39 is 5.97 Å². The van der Waals surface area contributed by atoms with Crippen molar-refractivity contribution in [1.29, 1.82) is 0 Å². The van der Waals surface area contributed by atoms with Gasteiger partial charge >= 0.3 is 12.0 Å². The third-order valence-electron chi connectivity index (χ3n) is 7.42. The number of urea groups is 1. The summed E-state index contributed by atoms with van der Waals surface area (Å²) < 4.78 is 11.0. The molecule has 3 amide bonds. The van der Waals surface area contributed by atoms with Gasteiger partial charge in [0.2, 0.25) is 12.7 Å². The molecular formula is C30H29N3O6. The number of carboxylic acids is 1. The molecule has 0 bridgehead atoms. The Hall–Kier alpha value is -4.53. The standard InChI is InChI=1S/C30H29N3O6/c34-28(21-8-9-21)31-12-14-32(15-13-31)30(37)33(18-20-4-6-22(7-5-20)29(35)36)25-3-1-2-23(16-25)24-10-11-26-27(17-24)39-19-38-26/h1-7,10-11,16-17,21H,8-9,12-15,18-19H2,(H,35,36). The van der Waals surface area contributed by atoms with E-state index in [9.17, 15) is 19.5 Å². The fraction of sp³-hybridized carbons (Fsp3) is 0.300. The summed E-state index contributed by atoms with van der Waals surface area (Å²) in [6.45, 7) is 2.45. The minimum atomic E-state index is -0.996. The Labute approximate surface area is 226 Å². The van der Waals surface area contributed by atoms with E-state index in [4.69, 9.17) is 9.47 Å². The SMILES string of the molecule is O=C(O)c1ccc(CN(C(=O)N2CCN(C(=O)C3CC3)CC2)c2cccc(-c3ccc4c(c3)OCO4)c2)cc1. The Morgan fingerprint density at radius 2 is 1.51 bits per heavy atom. The first-order valence-electron chi connectivity index (χ1n) is 13.1. The third kappa shape index (κ3) is 5.25. The van der Waals surface area contributed by atoms with Crippen molar-refractivity contribution in [2.45, 2.75) is 19.4 Å². The number of carboxylic acid groups (broad SMARTS) is 1. The van der Waals surface area contributed by atoms with E-state index in [1.807, 2.05) is 47.4 Å². The Kier molecular flexibility index (Phi) is 6.56. The topological polar surface area (TPSA) is 99.6 Å². The molecule has 2 aliphatic heterocycles. The normalized spacial score (nSPS) is 16.2. The third-order valence-corrected chi connectivity index (χ3v) is 7.42. The Balaban J connectivity index is 1.27. The van der Waals surface area contributed by atoms with Crippen LogP contribution in [-0.4, -0.2) is 65.8 Å². The number of anilines is 1. The van der Waals surface area contributed by atoms with Crippen LogP contribution in [0.2, 0.25) is 0 Å². The summed E-state index contributed by atoms with van der Waals surface area (Å²) in [6, 6.07) is 19.9. The van der Waals surface area contributed by atoms with E-state index in [2.05, 4.69) is 0 Å². The molecule has 9 nitrogen and oxygen atoms in total. The summed E-state index contributed by atoms with van der Waals surface area (Å²) in [4.78, 5) is 43.1. The number of hydrogen-bond donors (Lipinski definition) is 1. The van der Waals surface area contributed by atoms with Crippen molar-refractivity contribution in [3.63, 3.8) is 0 Å². The van der Waals surface area contributed by atoms with Gasteiger partial charge in [-0.3, -0.25) is 9.69 Å². The van der Waals surface area contributed by atoms with Crippen LogP contribution < -0.4 is 14.4 Å². The number of aromatic carboxylic acids is 1. The summed E-state index contributed by atoms with van der Waals surface area (Å²) in [5, 5.41) is 9.27. The molecule has 1 saturated heterocycles. The summed E-state index contributed by atoms with van der Waals surface area (Å²) >= 11 is 0. The maximum atomic E-state index is 13.9. The van der Waals surface area contributed by atoms with E-state index >= 15 is 0 Å². The number of fused-ring (bicyclic) bond motifs is 1. The van der Waals surface area contributed by atoms with Gasteiger partial charge in [-0.25, -0.2) is 9.59 Å². The van der Waals surface area contributed by atoms with Crippen LogP contribution in [-0.2, 0) is 11.3 Å². The van der Waals surface area contributed by atoms with Crippen LogP contribution in [0.1, 0.15) is 28.8 Å². The van der Waals surface area contributed by atoms with Gasteiger partial charge in [-0.2, -0.15) is 0 Å². The highest BCUT2D eigenvalue weighted by molar-refractivity contribution is 5.93. The van der Waals surface area contributed by atoms with Gasteiger partial charge in [0.25, 0.3) is 0 Å². The first kappa shape index (κ1) is 24.8. The predicted octanol–water partition coefficient (Wildman–Crippen LogP) is 4.46. The lowest BCUT2D eigenvalue weighted by Gasteiger charge is -2.38. The molecular weight excluding hydrogens is 498 g/mol. The van der Waals surface area contributed by atoms with Gasteiger partial charge in [0, 0.05) is 37.8 Å². The van der Waals surface area contributed by atoms with Gasteiger partial charge in [-0.05, 0) is 65.9 Å². The van der Waals surface area contributed by atoms with Gasteiger partial charge in [-0.1, -0.05) is 30.3 Å². The Morgan fingerprint density at radius 3 is 2.23 bits per heavy atom. The van der Waals surface area contributed by atoms with Crippen molar-refractivity contribution in [1.82, 2.24) is 9.80 Å². The fourth-order valence-electron chi connectivity index (χ4n) is 5.01. The highest BCUT2D eigenvalue weighted by atomic mass is 16.7. The van der Waals surface area contributed by atoms with E-state index in [-0.39, 0.29) is 36.8 Å². The molecule has 0 atom stereocenters. The molecule has 0 aromatic heterocycles. The van der Waals surface area contributed by atoms with E-state index in [0.717, 1.165) is 29.5 Å². The van der Waals surface area contributed by atoms with Gasteiger partial charge < -0.3 is 24.4 Å². The average molecular weight is 528 g/mol. The summed E-state index contributed by atoms with van der Waals surface area (Å²) in [5.41, 5.74) is 3.58. The zero-order valence-corrected chi connectivity index (χ0v) is 21.4. The van der Waals surface area contributed by atoms with E-state index in [0.29, 0.717) is 43.4 Å². The van der Waals surface area contributed by atoms with E-state index in [1.54, 1.807) is 34.1 Å². The lowest BCUT2D eigenvalue weighted by atomic mass is 10.0. The molecule has 2 heterocycles. The molecule has 9 heteroatoms. The zero-order chi connectivity index (χ0) is 26.9. The van der Waals surface area contributed by atoms with E-state index in [1.165, 1.54) is 0 Å². The number of amides is 3. The molecule has 0 unspecified atom stereocenters. The number of nitrogens with zero attached hydrogens (tertiary/aromatic N) is 3. The van der Waals surface area contributed by atoms with Crippen molar-refractivity contribution in [3.05, 3.63) is 77.9 Å². The monoisotopic (exact) mass is 527 g/mol. The molecule has 1 N–H and O–H groups in total. The highest BCUT2D eigenvalue weighted by Crippen LogP contribution is 2.37. The molecule has 2 fully saturated rings. The van der Waals surface area contributed by atoms with Crippen LogP contribution in [0.25, 0.3) is 11.1 Å². The molecule has 3 aromatic carbocycles. The smallest absolute Gasteiger partial charge is 0.335 e. The Morgan fingerprint density at radius 1 is 0.821 bits per heavy atom. The van der Waals surface area contributed by atoms with Crippen LogP contribution in [0.4, 0.5) is 10.5 Å². The van der Waals surface area contributed by atoms with Gasteiger partial charge in [0.1, 0.15) is 0 Å². The quantitative estimate of drug-likeness (QED) is 0.508. The number of ether oxygens (including phenoxy) is 2. The maximum Gasteiger partial charge on any atom is 0.335 e. The lowest BCUT2D eigenvalue weighted by Crippen LogP contribution is -2.54. The second-order valence-electron chi connectivity index (χ2n) is 10.1. The number of carbonyl (C=O) groups excluding carboxylic acids is 2. The second kappa shape index (κ2) is 10.3. The fourth-order valence-corrected chi connectivity index (χ4v) is 5.01. The number of piperazine rings is 1. The van der Waals surface area contributed by atoms with Crippen molar-refractivity contribution in [3.8, 4) is 22.6 Å². The van der Waals surface area contributed by atoms with Crippen LogP contribution in [0.15, 0.2) is 66.7 Å². The van der Waals surface area contributed by atoms with Crippen LogP contribution in [0.3, 0.4) is 0 Å². The largest absolute Gasteiger partial charge is 0.478 e. The molecule has 39 heavy (non-hydrogen) atoms. The van der Waals surface area contributed by atoms with Crippen LogP contribution in [0, 0.1) is 5.92 Å². The van der Waals surface area contributed by atoms with Crippen molar-refractivity contribution in [2.75, 3.05) is 37.9 Å². The number of hydrogen-bond acceptors (Lipinski definition) is 5. The molecule has 6 rings (SSSR count). The molecule has 0 spiro atoms. The van der Waals surface area contributed by atoms with Gasteiger partial charge in [0.05, 0.1) is 12.1 Å². The first-order valence-corrected chi connectivity index (χ1v) is 13.1. The minimum absolute atomic E-state index is 0.154. The van der Waals surface area contributed by atoms with Crippen molar-refractivity contribution >= 4 is 23.6 Å². The lowest BCUT2D eigenvalue weighted by molar-refractivity contribution is -0.133. The molecule has 1 aliphatic carbocycles. The number of carbonyl (C=O) groups is 3. The minimum Gasteiger partial charge on any atom is -0.478 e. The molecule has 3 aliphatic rings. The predicted molar refractivity (Wildman–Crippen MR) is 144 cm³/mol. The number of rotatable bonds is 6. The molecule has 0 radical (unpaired) electrons. The summed E-state index contributed by atoms with van der Waals surface area (Å²) in [6.07, 6.45) is 1.93. The highest BCUT2D eigenvalue weighted by Gasteiger charge is 2.36. The van der Waals surface area contributed by atoms with Crippen molar-refractivity contribution < 1.29 is 29.0 Å². The molecule has 200 valence electrons. The van der Waals surface area contributed by atoms with Crippen molar-refractivity contribution in [2.24, 2.45) is 5.92 Å². The second-order valence-corrected chi connectivity index (χ2v) is 10.1. The summed E-state index contributed by atoms with van der Waals surface area (Å²) in [5.74, 6) is 0.758.